The van der Waals surface area contributed by atoms with Crippen LogP contribution < -0.4 is 10.1 Å². The zero-order valence-electron chi connectivity index (χ0n) is 13.5. The third-order valence-electron chi connectivity index (χ3n) is 3.31. The third kappa shape index (κ3) is 5.70. The third-order valence-corrected chi connectivity index (χ3v) is 3.80. The molecule has 0 aliphatic heterocycles. The number of benzene rings is 2. The average Bonchev–Trinajstić information content (AvgIpc) is 2.54. The molecule has 1 amide bonds. The minimum Gasteiger partial charge on any atom is -0.482 e. The molecule has 2 aromatic rings. The van der Waals surface area contributed by atoms with Crippen molar-refractivity contribution in [2.75, 3.05) is 18.5 Å². The molecule has 0 aromatic heterocycles. The number of halogens is 1. The summed E-state index contributed by atoms with van der Waals surface area (Å²) in [7, 11) is 0. The Balaban J connectivity index is 1.74. The number of aryl methyl sites for hydroxylation is 2. The van der Waals surface area contributed by atoms with Crippen molar-refractivity contribution in [2.45, 2.75) is 13.8 Å². The van der Waals surface area contributed by atoms with Gasteiger partial charge in [-0.1, -0.05) is 28.1 Å². The molecule has 0 fully saturated rings. The molecule has 6 heteroatoms. The lowest BCUT2D eigenvalue weighted by molar-refractivity contribution is -0.149. The molecule has 2 aromatic carbocycles. The van der Waals surface area contributed by atoms with E-state index in [9.17, 15) is 9.59 Å². The van der Waals surface area contributed by atoms with Gasteiger partial charge in [0.05, 0.1) is 0 Å². The predicted molar refractivity (Wildman–Crippen MR) is 95.1 cm³/mol. The van der Waals surface area contributed by atoms with Crippen LogP contribution in [0.4, 0.5) is 5.69 Å². The van der Waals surface area contributed by atoms with Crippen molar-refractivity contribution in [3.05, 3.63) is 58.1 Å². The first-order valence-electron chi connectivity index (χ1n) is 7.35. The van der Waals surface area contributed by atoms with Crippen LogP contribution in [0.5, 0.6) is 5.75 Å². The number of carbonyl (C=O) groups excluding carboxylic acids is 2. The summed E-state index contributed by atoms with van der Waals surface area (Å²) >= 11 is 3.31. The summed E-state index contributed by atoms with van der Waals surface area (Å²) in [5.41, 5.74) is 2.85. The molecule has 0 atom stereocenters. The monoisotopic (exact) mass is 391 g/mol. The number of anilines is 1. The van der Waals surface area contributed by atoms with Gasteiger partial charge in [-0.3, -0.25) is 4.79 Å². The van der Waals surface area contributed by atoms with Crippen LogP contribution in [0.3, 0.4) is 0 Å². The molecule has 0 spiro atoms. The number of esters is 1. The van der Waals surface area contributed by atoms with Crippen LogP contribution in [-0.2, 0) is 14.3 Å². The molecular formula is C18H18BrNO4. The van der Waals surface area contributed by atoms with Crippen LogP contribution in [0.25, 0.3) is 0 Å². The fourth-order valence-electron chi connectivity index (χ4n) is 1.90. The van der Waals surface area contributed by atoms with Crippen LogP contribution >= 0.6 is 15.9 Å². The summed E-state index contributed by atoms with van der Waals surface area (Å²) in [6.07, 6.45) is 0. The summed E-state index contributed by atoms with van der Waals surface area (Å²) in [6.45, 7) is 3.36. The van der Waals surface area contributed by atoms with Crippen molar-refractivity contribution in [3.63, 3.8) is 0 Å². The molecule has 0 aliphatic rings. The van der Waals surface area contributed by atoms with E-state index in [1.165, 1.54) is 0 Å². The van der Waals surface area contributed by atoms with E-state index >= 15 is 0 Å². The standard InChI is InChI=1S/C18H18BrNO4/c1-12-6-7-16(8-13(12)2)23-11-18(22)24-10-17(21)20-15-5-3-4-14(19)9-15/h3-9H,10-11H2,1-2H3,(H,20,21). The fourth-order valence-corrected chi connectivity index (χ4v) is 2.30. The summed E-state index contributed by atoms with van der Waals surface area (Å²) in [5, 5.41) is 2.64. The Kier molecular flexibility index (Phi) is 6.37. The van der Waals surface area contributed by atoms with Crippen molar-refractivity contribution < 1.29 is 19.1 Å². The van der Waals surface area contributed by atoms with E-state index in [0.717, 1.165) is 15.6 Å². The first-order chi connectivity index (χ1) is 11.4. The summed E-state index contributed by atoms with van der Waals surface area (Å²) in [6, 6.07) is 12.7. The van der Waals surface area contributed by atoms with Gasteiger partial charge < -0.3 is 14.8 Å². The van der Waals surface area contributed by atoms with E-state index in [1.807, 2.05) is 32.0 Å². The van der Waals surface area contributed by atoms with Crippen molar-refractivity contribution in [1.29, 1.82) is 0 Å². The Morgan fingerprint density at radius 1 is 1.04 bits per heavy atom. The van der Waals surface area contributed by atoms with Crippen LogP contribution in [0.2, 0.25) is 0 Å². The number of rotatable bonds is 6. The van der Waals surface area contributed by atoms with Gasteiger partial charge in [-0.25, -0.2) is 4.79 Å². The van der Waals surface area contributed by atoms with Crippen molar-refractivity contribution in [1.82, 2.24) is 0 Å². The molecule has 5 nitrogen and oxygen atoms in total. The second-order valence-electron chi connectivity index (χ2n) is 5.25. The molecule has 0 bridgehead atoms. The molecule has 0 aliphatic carbocycles. The quantitative estimate of drug-likeness (QED) is 0.763. The highest BCUT2D eigenvalue weighted by molar-refractivity contribution is 9.10. The maximum absolute atomic E-state index is 11.7. The van der Waals surface area contributed by atoms with E-state index < -0.39 is 11.9 Å². The van der Waals surface area contributed by atoms with Gasteiger partial charge in [0.1, 0.15) is 5.75 Å². The van der Waals surface area contributed by atoms with Crippen molar-refractivity contribution >= 4 is 33.5 Å². The maximum atomic E-state index is 11.7. The minimum absolute atomic E-state index is 0.243. The highest BCUT2D eigenvalue weighted by Crippen LogP contribution is 2.17. The van der Waals surface area contributed by atoms with Gasteiger partial charge in [-0.05, 0) is 55.3 Å². The summed E-state index contributed by atoms with van der Waals surface area (Å²) in [5.74, 6) is -0.418. The second kappa shape index (κ2) is 8.49. The van der Waals surface area contributed by atoms with E-state index in [4.69, 9.17) is 9.47 Å². The van der Waals surface area contributed by atoms with Gasteiger partial charge in [-0.15, -0.1) is 0 Å². The predicted octanol–water partition coefficient (Wildman–Crippen LogP) is 3.63. The van der Waals surface area contributed by atoms with Gasteiger partial charge in [0.25, 0.3) is 5.91 Å². The Morgan fingerprint density at radius 2 is 1.83 bits per heavy atom. The number of carbonyl (C=O) groups is 2. The highest BCUT2D eigenvalue weighted by atomic mass is 79.9. The maximum Gasteiger partial charge on any atom is 0.344 e. The zero-order valence-corrected chi connectivity index (χ0v) is 15.1. The first kappa shape index (κ1) is 18.0. The first-order valence-corrected chi connectivity index (χ1v) is 8.14. The van der Waals surface area contributed by atoms with E-state index in [2.05, 4.69) is 21.2 Å². The number of ether oxygens (including phenoxy) is 2. The molecule has 0 radical (unpaired) electrons. The number of hydrogen-bond acceptors (Lipinski definition) is 4. The van der Waals surface area contributed by atoms with Crippen molar-refractivity contribution in [3.8, 4) is 5.75 Å². The lowest BCUT2D eigenvalue weighted by atomic mass is 10.1. The minimum atomic E-state index is -0.599. The largest absolute Gasteiger partial charge is 0.482 e. The van der Waals surface area contributed by atoms with Crippen LogP contribution in [0.15, 0.2) is 46.9 Å². The van der Waals surface area contributed by atoms with Gasteiger partial charge in [-0.2, -0.15) is 0 Å². The van der Waals surface area contributed by atoms with Crippen LogP contribution in [0, 0.1) is 13.8 Å². The zero-order chi connectivity index (χ0) is 17.5. The molecular weight excluding hydrogens is 374 g/mol. The summed E-state index contributed by atoms with van der Waals surface area (Å²) < 4.78 is 11.1. The summed E-state index contributed by atoms with van der Waals surface area (Å²) in [4.78, 5) is 23.4. The number of amides is 1. The molecule has 2 rings (SSSR count). The Bertz CT molecular complexity index is 746. The van der Waals surface area contributed by atoms with Gasteiger partial charge in [0, 0.05) is 10.2 Å². The number of nitrogens with one attached hydrogen (secondary N) is 1. The topological polar surface area (TPSA) is 64.6 Å². The highest BCUT2D eigenvalue weighted by Gasteiger charge is 2.09. The van der Waals surface area contributed by atoms with Gasteiger partial charge in [0.2, 0.25) is 0 Å². The Hall–Kier alpha value is -2.34. The van der Waals surface area contributed by atoms with E-state index in [0.29, 0.717) is 11.4 Å². The Morgan fingerprint density at radius 3 is 2.54 bits per heavy atom. The molecule has 0 unspecified atom stereocenters. The van der Waals surface area contributed by atoms with Crippen LogP contribution in [-0.4, -0.2) is 25.1 Å². The molecule has 0 heterocycles. The normalized spacial score (nSPS) is 10.1. The van der Waals surface area contributed by atoms with E-state index in [-0.39, 0.29) is 13.2 Å². The Labute approximate surface area is 149 Å². The smallest absolute Gasteiger partial charge is 0.344 e. The van der Waals surface area contributed by atoms with Crippen LogP contribution in [0.1, 0.15) is 11.1 Å². The second-order valence-corrected chi connectivity index (χ2v) is 6.17. The molecule has 0 saturated heterocycles. The number of hydrogen-bond donors (Lipinski definition) is 1. The lowest BCUT2D eigenvalue weighted by Gasteiger charge is -2.09. The molecule has 24 heavy (non-hydrogen) atoms. The molecule has 126 valence electrons. The van der Waals surface area contributed by atoms with Crippen molar-refractivity contribution in [2.24, 2.45) is 0 Å². The fraction of sp³-hybridized carbons (Fsp3) is 0.222. The van der Waals surface area contributed by atoms with Gasteiger partial charge >= 0.3 is 5.97 Å². The lowest BCUT2D eigenvalue weighted by Crippen LogP contribution is -2.23. The van der Waals surface area contributed by atoms with E-state index in [1.54, 1.807) is 24.3 Å². The molecule has 1 N–H and O–H groups in total. The molecule has 0 saturated carbocycles. The average molecular weight is 392 g/mol. The van der Waals surface area contributed by atoms with Gasteiger partial charge in [0.15, 0.2) is 13.2 Å². The SMILES string of the molecule is Cc1ccc(OCC(=O)OCC(=O)Nc2cccc(Br)c2)cc1C.